The lowest BCUT2D eigenvalue weighted by Gasteiger charge is -2.24. The second-order valence-corrected chi connectivity index (χ2v) is 4.25. The van der Waals surface area contributed by atoms with Crippen LogP contribution in [0, 0.1) is 13.8 Å². The van der Waals surface area contributed by atoms with Crippen molar-refractivity contribution in [2.24, 2.45) is 0 Å². The molecule has 0 unspecified atom stereocenters. The fraction of sp³-hybridized carbons (Fsp3) is 0.385. The molecule has 0 bridgehead atoms. The molecule has 1 aromatic rings. The Kier molecular flexibility index (Phi) is 4.71. The minimum atomic E-state index is -0.972. The molecule has 0 atom stereocenters. The van der Waals surface area contributed by atoms with Gasteiger partial charge in [0.1, 0.15) is 6.54 Å². The average Bonchev–Trinajstić information content (AvgIpc) is 2.24. The first kappa shape index (κ1) is 14.0. The third-order valence-electron chi connectivity index (χ3n) is 2.61. The maximum absolute atomic E-state index is 10.8. The van der Waals surface area contributed by atoms with Crippen LogP contribution in [0.1, 0.15) is 17.5 Å². The SMILES string of the molecule is Cc1ccc(N(CCC(=O)O)CC(=O)O)c(C)c1. The quantitative estimate of drug-likeness (QED) is 0.804. The van der Waals surface area contributed by atoms with Gasteiger partial charge in [0.05, 0.1) is 6.42 Å². The first-order valence-corrected chi connectivity index (χ1v) is 5.66. The van der Waals surface area contributed by atoms with Crippen LogP contribution < -0.4 is 4.90 Å². The van der Waals surface area contributed by atoms with Gasteiger partial charge in [0.2, 0.25) is 0 Å². The van der Waals surface area contributed by atoms with E-state index >= 15 is 0 Å². The zero-order valence-electron chi connectivity index (χ0n) is 10.5. The van der Waals surface area contributed by atoms with Crippen molar-refractivity contribution in [1.29, 1.82) is 0 Å². The lowest BCUT2D eigenvalue weighted by molar-refractivity contribution is -0.138. The summed E-state index contributed by atoms with van der Waals surface area (Å²) >= 11 is 0. The second-order valence-electron chi connectivity index (χ2n) is 4.25. The molecule has 1 aromatic carbocycles. The summed E-state index contributed by atoms with van der Waals surface area (Å²) in [6, 6.07) is 5.67. The summed E-state index contributed by atoms with van der Waals surface area (Å²) in [6.07, 6.45) is -0.0827. The van der Waals surface area contributed by atoms with Crippen molar-refractivity contribution in [2.75, 3.05) is 18.0 Å². The first-order valence-electron chi connectivity index (χ1n) is 5.66. The summed E-state index contributed by atoms with van der Waals surface area (Å²) < 4.78 is 0. The molecule has 0 saturated carbocycles. The van der Waals surface area contributed by atoms with Crippen molar-refractivity contribution in [1.82, 2.24) is 0 Å². The van der Waals surface area contributed by atoms with Crippen LogP contribution in [-0.2, 0) is 9.59 Å². The molecule has 0 radical (unpaired) electrons. The largest absolute Gasteiger partial charge is 0.481 e. The van der Waals surface area contributed by atoms with E-state index in [-0.39, 0.29) is 19.5 Å². The van der Waals surface area contributed by atoms with Crippen LogP contribution >= 0.6 is 0 Å². The van der Waals surface area contributed by atoms with Crippen LogP contribution in [0.4, 0.5) is 5.69 Å². The standard InChI is InChI=1S/C13H17NO4/c1-9-3-4-11(10(2)7-9)14(8-13(17)18)6-5-12(15)16/h3-4,7H,5-6,8H2,1-2H3,(H,15,16)(H,17,18). The summed E-state index contributed by atoms with van der Waals surface area (Å²) in [7, 11) is 0. The van der Waals surface area contributed by atoms with E-state index in [0.717, 1.165) is 16.8 Å². The molecule has 18 heavy (non-hydrogen) atoms. The van der Waals surface area contributed by atoms with Crippen LogP contribution in [0.15, 0.2) is 18.2 Å². The van der Waals surface area contributed by atoms with Gasteiger partial charge in [0.15, 0.2) is 0 Å². The van der Waals surface area contributed by atoms with Crippen LogP contribution in [0.2, 0.25) is 0 Å². The molecule has 0 aromatic heterocycles. The third-order valence-corrected chi connectivity index (χ3v) is 2.61. The molecule has 98 valence electrons. The number of rotatable bonds is 6. The van der Waals surface area contributed by atoms with Crippen LogP contribution in [-0.4, -0.2) is 35.2 Å². The van der Waals surface area contributed by atoms with E-state index in [0.29, 0.717) is 0 Å². The van der Waals surface area contributed by atoms with E-state index in [2.05, 4.69) is 0 Å². The Balaban J connectivity index is 2.93. The number of hydrogen-bond donors (Lipinski definition) is 2. The van der Waals surface area contributed by atoms with Crippen molar-refractivity contribution in [3.05, 3.63) is 29.3 Å². The maximum atomic E-state index is 10.8. The molecule has 0 fully saturated rings. The molecule has 0 spiro atoms. The Morgan fingerprint density at radius 1 is 1.17 bits per heavy atom. The summed E-state index contributed by atoms with van der Waals surface area (Å²) in [6.45, 7) is 3.83. The number of benzene rings is 1. The van der Waals surface area contributed by atoms with Gasteiger partial charge in [0, 0.05) is 12.2 Å². The molecular formula is C13H17NO4. The smallest absolute Gasteiger partial charge is 0.323 e. The normalized spacial score (nSPS) is 10.1. The lowest BCUT2D eigenvalue weighted by atomic mass is 10.1. The van der Waals surface area contributed by atoms with E-state index < -0.39 is 11.9 Å². The maximum Gasteiger partial charge on any atom is 0.323 e. The Labute approximate surface area is 106 Å². The number of carbonyl (C=O) groups is 2. The number of anilines is 1. The van der Waals surface area contributed by atoms with Gasteiger partial charge in [-0.25, -0.2) is 0 Å². The molecule has 5 nitrogen and oxygen atoms in total. The number of carboxylic acids is 2. The van der Waals surface area contributed by atoms with Crippen molar-refractivity contribution in [2.45, 2.75) is 20.3 Å². The molecule has 0 saturated heterocycles. The summed E-state index contributed by atoms with van der Waals surface area (Å²) in [5.74, 6) is -1.91. The van der Waals surface area contributed by atoms with Crippen molar-refractivity contribution in [3.8, 4) is 0 Å². The van der Waals surface area contributed by atoms with Gasteiger partial charge in [-0.05, 0) is 25.5 Å². The Hall–Kier alpha value is -2.04. The monoisotopic (exact) mass is 251 g/mol. The number of carboxylic acid groups (broad SMARTS) is 2. The highest BCUT2D eigenvalue weighted by Crippen LogP contribution is 2.21. The van der Waals surface area contributed by atoms with Crippen molar-refractivity contribution >= 4 is 17.6 Å². The molecule has 0 aliphatic heterocycles. The van der Waals surface area contributed by atoms with Crippen molar-refractivity contribution in [3.63, 3.8) is 0 Å². The Morgan fingerprint density at radius 3 is 2.33 bits per heavy atom. The zero-order valence-corrected chi connectivity index (χ0v) is 10.5. The van der Waals surface area contributed by atoms with Gasteiger partial charge in [-0.1, -0.05) is 17.7 Å². The molecule has 0 aliphatic rings. The van der Waals surface area contributed by atoms with Gasteiger partial charge in [-0.15, -0.1) is 0 Å². The molecule has 2 N–H and O–H groups in total. The molecule has 0 heterocycles. The Morgan fingerprint density at radius 2 is 1.83 bits per heavy atom. The molecule has 5 heteroatoms. The van der Waals surface area contributed by atoms with E-state index in [1.54, 1.807) is 4.90 Å². The predicted octanol–water partition coefficient (Wildman–Crippen LogP) is 1.67. The zero-order chi connectivity index (χ0) is 13.7. The van der Waals surface area contributed by atoms with Gasteiger partial charge in [-0.3, -0.25) is 9.59 Å². The highest BCUT2D eigenvalue weighted by molar-refractivity contribution is 5.75. The van der Waals surface area contributed by atoms with E-state index in [1.807, 2.05) is 32.0 Å². The van der Waals surface area contributed by atoms with Crippen LogP contribution in [0.3, 0.4) is 0 Å². The van der Waals surface area contributed by atoms with Crippen LogP contribution in [0.25, 0.3) is 0 Å². The topological polar surface area (TPSA) is 77.8 Å². The van der Waals surface area contributed by atoms with Gasteiger partial charge < -0.3 is 15.1 Å². The third kappa shape index (κ3) is 4.08. The first-order chi connectivity index (χ1) is 8.40. The lowest BCUT2D eigenvalue weighted by Crippen LogP contribution is -2.32. The number of hydrogen-bond acceptors (Lipinski definition) is 3. The number of aliphatic carboxylic acids is 2. The van der Waals surface area contributed by atoms with Gasteiger partial charge >= 0.3 is 11.9 Å². The second kappa shape index (κ2) is 6.05. The highest BCUT2D eigenvalue weighted by Gasteiger charge is 2.14. The molecule has 1 rings (SSSR count). The van der Waals surface area contributed by atoms with Gasteiger partial charge in [-0.2, -0.15) is 0 Å². The minimum Gasteiger partial charge on any atom is -0.481 e. The van der Waals surface area contributed by atoms with E-state index in [9.17, 15) is 9.59 Å². The molecular weight excluding hydrogens is 234 g/mol. The fourth-order valence-corrected chi connectivity index (χ4v) is 1.84. The predicted molar refractivity (Wildman–Crippen MR) is 68.0 cm³/mol. The highest BCUT2D eigenvalue weighted by atomic mass is 16.4. The summed E-state index contributed by atoms with van der Waals surface area (Å²) in [5.41, 5.74) is 2.80. The molecule has 0 amide bonds. The van der Waals surface area contributed by atoms with Crippen molar-refractivity contribution < 1.29 is 19.8 Å². The fourth-order valence-electron chi connectivity index (χ4n) is 1.84. The summed E-state index contributed by atoms with van der Waals surface area (Å²) in [4.78, 5) is 23.0. The average molecular weight is 251 g/mol. The minimum absolute atomic E-state index is 0.0827. The number of nitrogens with zero attached hydrogens (tertiary/aromatic N) is 1. The van der Waals surface area contributed by atoms with E-state index in [1.165, 1.54) is 0 Å². The summed E-state index contributed by atoms with van der Waals surface area (Å²) in [5, 5.41) is 17.5. The van der Waals surface area contributed by atoms with Crippen LogP contribution in [0.5, 0.6) is 0 Å². The van der Waals surface area contributed by atoms with E-state index in [4.69, 9.17) is 10.2 Å². The Bertz CT molecular complexity index is 456. The molecule has 0 aliphatic carbocycles. The van der Waals surface area contributed by atoms with Gasteiger partial charge in [0.25, 0.3) is 0 Å². The number of aryl methyl sites for hydroxylation is 2.